The van der Waals surface area contributed by atoms with Gasteiger partial charge < -0.3 is 10.4 Å². The Labute approximate surface area is 114 Å². The molecule has 1 aliphatic rings. The van der Waals surface area contributed by atoms with Gasteiger partial charge in [0.1, 0.15) is 11.9 Å². The van der Waals surface area contributed by atoms with Crippen molar-refractivity contribution >= 4 is 23.5 Å². The molecule has 1 aromatic rings. The van der Waals surface area contributed by atoms with E-state index in [2.05, 4.69) is 5.32 Å². The Bertz CT molecular complexity index is 517. The fourth-order valence-corrected chi connectivity index (χ4v) is 1.98. The molecule has 1 amide bonds. The quantitative estimate of drug-likeness (QED) is 0.873. The van der Waals surface area contributed by atoms with Gasteiger partial charge in [0.25, 0.3) is 5.91 Å². The Morgan fingerprint density at radius 1 is 1.47 bits per heavy atom. The molecule has 1 aromatic carbocycles. The maximum Gasteiger partial charge on any atom is 0.326 e. The van der Waals surface area contributed by atoms with Crippen LogP contribution in [0.5, 0.6) is 0 Å². The third kappa shape index (κ3) is 3.67. The third-order valence-corrected chi connectivity index (χ3v) is 3.28. The van der Waals surface area contributed by atoms with Crippen LogP contribution in [-0.4, -0.2) is 23.0 Å². The van der Waals surface area contributed by atoms with Crippen molar-refractivity contribution in [2.24, 2.45) is 5.92 Å². The number of hydrogen-bond acceptors (Lipinski definition) is 2. The second kappa shape index (κ2) is 5.57. The highest BCUT2D eigenvalue weighted by molar-refractivity contribution is 6.30. The summed E-state index contributed by atoms with van der Waals surface area (Å²) in [6.45, 7) is 0. The van der Waals surface area contributed by atoms with Crippen LogP contribution in [0.3, 0.4) is 0 Å². The highest BCUT2D eigenvalue weighted by atomic mass is 35.5. The van der Waals surface area contributed by atoms with Gasteiger partial charge >= 0.3 is 5.97 Å². The highest BCUT2D eigenvalue weighted by Crippen LogP contribution is 2.33. The zero-order valence-corrected chi connectivity index (χ0v) is 10.8. The van der Waals surface area contributed by atoms with E-state index in [0.29, 0.717) is 12.3 Å². The zero-order chi connectivity index (χ0) is 14.0. The minimum absolute atomic E-state index is 0.182. The number of amides is 1. The molecule has 0 bridgehead atoms. The van der Waals surface area contributed by atoms with E-state index >= 15 is 0 Å². The van der Waals surface area contributed by atoms with Gasteiger partial charge in [-0.1, -0.05) is 24.4 Å². The Morgan fingerprint density at radius 2 is 2.16 bits per heavy atom. The number of nitrogens with one attached hydrogen (secondary N) is 1. The molecule has 1 unspecified atom stereocenters. The standard InChI is InChI=1S/C13H13ClFNO3/c14-8-3-4-9(10(15)6-8)12(17)16-11(13(18)19)5-7-1-2-7/h3-4,6-7,11H,1-2,5H2,(H,16,17)(H,18,19). The number of carboxylic acid groups (broad SMARTS) is 1. The second-order valence-electron chi connectivity index (χ2n) is 4.67. The molecule has 1 fully saturated rings. The number of carbonyl (C=O) groups excluding carboxylic acids is 1. The van der Waals surface area contributed by atoms with Crippen molar-refractivity contribution in [1.29, 1.82) is 0 Å². The topological polar surface area (TPSA) is 66.4 Å². The van der Waals surface area contributed by atoms with Crippen LogP contribution < -0.4 is 5.32 Å². The smallest absolute Gasteiger partial charge is 0.326 e. The SMILES string of the molecule is O=C(NC(CC1CC1)C(=O)O)c1ccc(Cl)cc1F. The first-order valence-corrected chi connectivity index (χ1v) is 6.34. The van der Waals surface area contributed by atoms with Crippen LogP contribution in [0.15, 0.2) is 18.2 Å². The lowest BCUT2D eigenvalue weighted by Crippen LogP contribution is -2.41. The number of aliphatic carboxylic acids is 1. The van der Waals surface area contributed by atoms with Crippen LogP contribution in [0.25, 0.3) is 0 Å². The Hall–Kier alpha value is -1.62. The summed E-state index contributed by atoms with van der Waals surface area (Å²) in [7, 11) is 0. The summed E-state index contributed by atoms with van der Waals surface area (Å²) in [6.07, 6.45) is 2.35. The average molecular weight is 286 g/mol. The van der Waals surface area contributed by atoms with Crippen LogP contribution in [0, 0.1) is 11.7 Å². The molecule has 0 aromatic heterocycles. The molecule has 0 saturated heterocycles. The fraction of sp³-hybridized carbons (Fsp3) is 0.385. The lowest BCUT2D eigenvalue weighted by atomic mass is 10.1. The van der Waals surface area contributed by atoms with Crippen molar-refractivity contribution in [3.8, 4) is 0 Å². The summed E-state index contributed by atoms with van der Waals surface area (Å²) < 4.78 is 13.5. The first-order valence-electron chi connectivity index (χ1n) is 5.96. The van der Waals surface area contributed by atoms with Crippen molar-refractivity contribution in [3.63, 3.8) is 0 Å². The fourth-order valence-electron chi connectivity index (χ4n) is 1.82. The van der Waals surface area contributed by atoms with E-state index in [1.54, 1.807) is 0 Å². The van der Waals surface area contributed by atoms with Crippen molar-refractivity contribution in [1.82, 2.24) is 5.32 Å². The summed E-state index contributed by atoms with van der Waals surface area (Å²) in [6, 6.07) is 2.67. The van der Waals surface area contributed by atoms with Gasteiger partial charge in [-0.25, -0.2) is 9.18 Å². The summed E-state index contributed by atoms with van der Waals surface area (Å²) >= 11 is 5.59. The van der Waals surface area contributed by atoms with Gasteiger partial charge in [-0.3, -0.25) is 4.79 Å². The molecule has 1 saturated carbocycles. The number of carboxylic acids is 1. The Morgan fingerprint density at radius 3 is 2.68 bits per heavy atom. The van der Waals surface area contributed by atoms with Gasteiger partial charge in [0, 0.05) is 5.02 Å². The monoisotopic (exact) mass is 285 g/mol. The van der Waals surface area contributed by atoms with Crippen LogP contribution in [0.2, 0.25) is 5.02 Å². The van der Waals surface area contributed by atoms with Gasteiger partial charge in [0.2, 0.25) is 0 Å². The normalized spacial score (nSPS) is 15.9. The molecule has 0 heterocycles. The predicted molar refractivity (Wildman–Crippen MR) is 67.6 cm³/mol. The van der Waals surface area contributed by atoms with Gasteiger partial charge in [-0.05, 0) is 30.5 Å². The largest absolute Gasteiger partial charge is 0.480 e. The zero-order valence-electron chi connectivity index (χ0n) is 10.0. The number of hydrogen-bond donors (Lipinski definition) is 2. The van der Waals surface area contributed by atoms with Crippen molar-refractivity contribution in [2.45, 2.75) is 25.3 Å². The van der Waals surface area contributed by atoms with E-state index in [-0.39, 0.29) is 10.6 Å². The van der Waals surface area contributed by atoms with E-state index in [0.717, 1.165) is 18.9 Å². The van der Waals surface area contributed by atoms with E-state index in [1.807, 2.05) is 0 Å². The molecule has 19 heavy (non-hydrogen) atoms. The van der Waals surface area contributed by atoms with Crippen molar-refractivity contribution in [3.05, 3.63) is 34.6 Å². The van der Waals surface area contributed by atoms with E-state index in [1.165, 1.54) is 12.1 Å². The lowest BCUT2D eigenvalue weighted by molar-refractivity contribution is -0.139. The molecule has 1 atom stereocenters. The molecular weight excluding hydrogens is 273 g/mol. The van der Waals surface area contributed by atoms with Crippen LogP contribution in [0.1, 0.15) is 29.6 Å². The second-order valence-corrected chi connectivity index (χ2v) is 5.10. The van der Waals surface area contributed by atoms with E-state index in [4.69, 9.17) is 16.7 Å². The molecule has 2 N–H and O–H groups in total. The molecule has 0 radical (unpaired) electrons. The molecule has 6 heteroatoms. The van der Waals surface area contributed by atoms with E-state index < -0.39 is 23.7 Å². The third-order valence-electron chi connectivity index (χ3n) is 3.05. The van der Waals surface area contributed by atoms with Gasteiger partial charge in [-0.15, -0.1) is 0 Å². The maximum atomic E-state index is 13.5. The molecule has 4 nitrogen and oxygen atoms in total. The molecule has 2 rings (SSSR count). The van der Waals surface area contributed by atoms with Gasteiger partial charge in [-0.2, -0.15) is 0 Å². The summed E-state index contributed by atoms with van der Waals surface area (Å²) in [4.78, 5) is 22.9. The van der Waals surface area contributed by atoms with Crippen LogP contribution in [0.4, 0.5) is 4.39 Å². The predicted octanol–water partition coefficient (Wildman–Crippen LogP) is 2.46. The molecule has 102 valence electrons. The molecule has 0 aliphatic heterocycles. The van der Waals surface area contributed by atoms with Crippen LogP contribution in [-0.2, 0) is 4.79 Å². The molecule has 0 spiro atoms. The van der Waals surface area contributed by atoms with Gasteiger partial charge in [0.05, 0.1) is 5.56 Å². The van der Waals surface area contributed by atoms with Crippen LogP contribution >= 0.6 is 11.6 Å². The number of rotatable bonds is 5. The minimum Gasteiger partial charge on any atom is -0.480 e. The highest BCUT2D eigenvalue weighted by Gasteiger charge is 2.30. The number of halogens is 2. The summed E-state index contributed by atoms with van der Waals surface area (Å²) in [5.41, 5.74) is -0.202. The van der Waals surface area contributed by atoms with Crippen molar-refractivity contribution < 1.29 is 19.1 Å². The summed E-state index contributed by atoms with van der Waals surface area (Å²) in [5, 5.41) is 11.6. The summed E-state index contributed by atoms with van der Waals surface area (Å²) in [5.74, 6) is -2.26. The Balaban J connectivity index is 2.07. The first kappa shape index (κ1) is 13.8. The molecular formula is C13H13ClFNO3. The van der Waals surface area contributed by atoms with Crippen molar-refractivity contribution in [2.75, 3.05) is 0 Å². The maximum absolute atomic E-state index is 13.5. The molecule has 1 aliphatic carbocycles. The average Bonchev–Trinajstić information content (AvgIpc) is 3.11. The number of carbonyl (C=O) groups is 2. The minimum atomic E-state index is -1.10. The number of benzene rings is 1. The van der Waals surface area contributed by atoms with Gasteiger partial charge in [0.15, 0.2) is 0 Å². The Kier molecular flexibility index (Phi) is 4.04. The first-order chi connectivity index (χ1) is 8.97. The lowest BCUT2D eigenvalue weighted by Gasteiger charge is -2.14. The van der Waals surface area contributed by atoms with E-state index in [9.17, 15) is 14.0 Å².